The topological polar surface area (TPSA) is 77.4 Å². The van der Waals surface area contributed by atoms with Crippen molar-refractivity contribution < 1.29 is 24.3 Å². The molecular weight excluding hydrogens is 366 g/mol. The van der Waals surface area contributed by atoms with Gasteiger partial charge in [0.25, 0.3) is 0 Å². The molecular formula is C24H49NO4. The van der Waals surface area contributed by atoms with E-state index in [9.17, 15) is 14.7 Å². The van der Waals surface area contributed by atoms with Crippen LogP contribution in [0.4, 0.5) is 0 Å². The summed E-state index contributed by atoms with van der Waals surface area (Å²) in [5.74, 6) is -2.01. The maximum atomic E-state index is 9.88. The van der Waals surface area contributed by atoms with Crippen LogP contribution in [0.5, 0.6) is 0 Å². The second-order valence-electron chi connectivity index (χ2n) is 8.89. The minimum atomic E-state index is -1.12. The molecule has 0 bridgehead atoms. The molecule has 1 N–H and O–H groups in total. The number of aliphatic carboxylic acids is 2. The summed E-state index contributed by atoms with van der Waals surface area (Å²) in [6.45, 7) is 7.34. The van der Waals surface area contributed by atoms with E-state index in [0.717, 1.165) is 0 Å². The maximum Gasteiger partial charge on any atom is 0.303 e. The zero-order chi connectivity index (χ0) is 22.4. The molecule has 0 atom stereocenters. The van der Waals surface area contributed by atoms with Crippen LogP contribution in [0, 0.1) is 0 Å². The number of hydrogen-bond acceptors (Lipinski definition) is 3. The number of carboxylic acids is 2. The summed E-state index contributed by atoms with van der Waals surface area (Å²) in [5, 5.41) is 17.9. The molecule has 0 saturated carbocycles. The van der Waals surface area contributed by atoms with Gasteiger partial charge in [0.05, 0.1) is 27.2 Å². The second kappa shape index (κ2) is 21.6. The first-order chi connectivity index (χ1) is 13.7. The summed E-state index contributed by atoms with van der Waals surface area (Å²) >= 11 is 0. The molecule has 0 spiro atoms. The van der Waals surface area contributed by atoms with E-state index in [4.69, 9.17) is 5.11 Å². The highest BCUT2D eigenvalue weighted by Crippen LogP contribution is 2.11. The van der Waals surface area contributed by atoms with Gasteiger partial charge in [-0.05, 0) is 44.9 Å². The van der Waals surface area contributed by atoms with Gasteiger partial charge in [-0.2, -0.15) is 0 Å². The lowest BCUT2D eigenvalue weighted by atomic mass is 10.1. The van der Waals surface area contributed by atoms with Crippen LogP contribution in [0.1, 0.15) is 117 Å². The Labute approximate surface area is 180 Å². The van der Waals surface area contributed by atoms with Gasteiger partial charge < -0.3 is 19.5 Å². The van der Waals surface area contributed by atoms with Crippen LogP contribution in [0.2, 0.25) is 0 Å². The van der Waals surface area contributed by atoms with Crippen molar-refractivity contribution in [1.29, 1.82) is 0 Å². The Balaban J connectivity index is 0. The number of carbonyl (C=O) groups is 2. The summed E-state index contributed by atoms with van der Waals surface area (Å²) < 4.78 is 1.24. The van der Waals surface area contributed by atoms with Crippen LogP contribution in [-0.4, -0.2) is 48.7 Å². The predicted molar refractivity (Wildman–Crippen MR) is 120 cm³/mol. The first kappa shape index (κ1) is 30.1. The van der Waals surface area contributed by atoms with Crippen LogP contribution in [-0.2, 0) is 9.59 Å². The standard InChI is InChI=1S/C18H40N.C6H10O4/c1-5-7-9-11-13-15-17-19(3,4)18-16-14-12-10-8-6-2;7-5(8)3-1-2-4-6(9)10/h5-18H2,1-4H3;1-4H2,(H,7,8)(H,9,10)/q+1;/p-1. The smallest absolute Gasteiger partial charge is 0.303 e. The van der Waals surface area contributed by atoms with Gasteiger partial charge in [0.15, 0.2) is 0 Å². The number of quaternary nitrogens is 1. The van der Waals surface area contributed by atoms with E-state index >= 15 is 0 Å². The predicted octanol–water partition coefficient (Wildman–Crippen LogP) is 5.17. The van der Waals surface area contributed by atoms with Crippen molar-refractivity contribution >= 4 is 11.9 Å². The van der Waals surface area contributed by atoms with Crippen molar-refractivity contribution in [2.75, 3.05) is 27.2 Å². The van der Waals surface area contributed by atoms with Crippen molar-refractivity contribution in [3.63, 3.8) is 0 Å². The highest BCUT2D eigenvalue weighted by atomic mass is 16.4. The van der Waals surface area contributed by atoms with Gasteiger partial charge in [0.1, 0.15) is 0 Å². The van der Waals surface area contributed by atoms with E-state index in [1.54, 1.807) is 0 Å². The summed E-state index contributed by atoms with van der Waals surface area (Å²) in [5.41, 5.74) is 0. The number of rotatable bonds is 19. The van der Waals surface area contributed by atoms with Crippen molar-refractivity contribution in [3.8, 4) is 0 Å². The molecule has 0 unspecified atom stereocenters. The Morgan fingerprint density at radius 2 is 1.03 bits per heavy atom. The van der Waals surface area contributed by atoms with E-state index < -0.39 is 11.9 Å². The molecule has 0 rings (SSSR count). The molecule has 0 saturated heterocycles. The number of unbranched alkanes of at least 4 members (excludes halogenated alkanes) is 11. The number of carbonyl (C=O) groups excluding carboxylic acids is 1. The van der Waals surface area contributed by atoms with Crippen LogP contribution < -0.4 is 5.11 Å². The van der Waals surface area contributed by atoms with Crippen molar-refractivity contribution in [3.05, 3.63) is 0 Å². The first-order valence-electron chi connectivity index (χ1n) is 12.0. The van der Waals surface area contributed by atoms with Gasteiger partial charge in [-0.1, -0.05) is 65.2 Å². The largest absolute Gasteiger partial charge is 0.550 e. The lowest BCUT2D eigenvalue weighted by Crippen LogP contribution is -2.41. The summed E-state index contributed by atoms with van der Waals surface area (Å²) in [6.07, 6.45) is 17.9. The second-order valence-corrected chi connectivity index (χ2v) is 8.89. The molecule has 29 heavy (non-hydrogen) atoms. The van der Waals surface area contributed by atoms with Gasteiger partial charge in [-0.15, -0.1) is 0 Å². The highest BCUT2D eigenvalue weighted by molar-refractivity contribution is 5.67. The molecule has 5 heteroatoms. The fraction of sp³-hybridized carbons (Fsp3) is 0.917. The molecule has 0 aliphatic heterocycles. The monoisotopic (exact) mass is 415 g/mol. The van der Waals surface area contributed by atoms with E-state index in [0.29, 0.717) is 12.8 Å². The van der Waals surface area contributed by atoms with Crippen LogP contribution >= 0.6 is 0 Å². The molecule has 174 valence electrons. The molecule has 0 aliphatic rings. The molecule has 0 fully saturated rings. The first-order valence-corrected chi connectivity index (χ1v) is 12.0. The van der Waals surface area contributed by atoms with E-state index in [-0.39, 0.29) is 12.8 Å². The highest BCUT2D eigenvalue weighted by Gasteiger charge is 2.13. The lowest BCUT2D eigenvalue weighted by molar-refractivity contribution is -0.890. The number of hydrogen-bond donors (Lipinski definition) is 1. The van der Waals surface area contributed by atoms with E-state index in [2.05, 4.69) is 27.9 Å². The minimum Gasteiger partial charge on any atom is -0.550 e. The van der Waals surface area contributed by atoms with Gasteiger partial charge in [0.2, 0.25) is 0 Å². The van der Waals surface area contributed by atoms with Gasteiger partial charge >= 0.3 is 5.97 Å². The Morgan fingerprint density at radius 1 is 0.655 bits per heavy atom. The summed E-state index contributed by atoms with van der Waals surface area (Å²) in [6, 6.07) is 0. The molecule has 0 aromatic rings. The molecule has 0 aromatic carbocycles. The van der Waals surface area contributed by atoms with Gasteiger partial charge in [-0.25, -0.2) is 0 Å². The molecule has 0 aliphatic carbocycles. The van der Waals surface area contributed by atoms with Crippen LogP contribution in [0.15, 0.2) is 0 Å². The average Bonchev–Trinajstić information content (AvgIpc) is 2.65. The third-order valence-corrected chi connectivity index (χ3v) is 5.26. The summed E-state index contributed by atoms with van der Waals surface area (Å²) in [7, 11) is 4.83. The SMILES string of the molecule is CCCCCCCC[N+](C)(C)CCCCCCCC.O=C([O-])CCCCC(=O)O. The van der Waals surface area contributed by atoms with E-state index in [1.165, 1.54) is 94.6 Å². The zero-order valence-electron chi connectivity index (χ0n) is 19.8. The quantitative estimate of drug-likeness (QED) is 0.233. The third-order valence-electron chi connectivity index (χ3n) is 5.26. The zero-order valence-corrected chi connectivity index (χ0v) is 19.8. The molecule has 5 nitrogen and oxygen atoms in total. The molecule has 0 amide bonds. The Hall–Kier alpha value is -1.10. The Morgan fingerprint density at radius 3 is 1.41 bits per heavy atom. The number of nitrogens with zero attached hydrogens (tertiary/aromatic N) is 1. The molecule has 0 radical (unpaired) electrons. The number of carboxylic acid groups (broad SMARTS) is 2. The van der Waals surface area contributed by atoms with Crippen molar-refractivity contribution in [2.24, 2.45) is 0 Å². The summed E-state index contributed by atoms with van der Waals surface area (Å²) in [4.78, 5) is 19.7. The third kappa shape index (κ3) is 29.2. The van der Waals surface area contributed by atoms with Crippen LogP contribution in [0.25, 0.3) is 0 Å². The average molecular weight is 416 g/mol. The minimum absolute atomic E-state index is 0.0350. The van der Waals surface area contributed by atoms with Gasteiger partial charge in [0, 0.05) is 12.4 Å². The van der Waals surface area contributed by atoms with Crippen molar-refractivity contribution in [1.82, 2.24) is 0 Å². The molecule has 0 heterocycles. The molecule has 0 aromatic heterocycles. The maximum absolute atomic E-state index is 9.88. The Kier molecular flexibility index (Phi) is 22.4. The Bertz CT molecular complexity index is 349. The normalized spacial score (nSPS) is 11.0. The van der Waals surface area contributed by atoms with Gasteiger partial charge in [-0.3, -0.25) is 4.79 Å². The lowest BCUT2D eigenvalue weighted by Gasteiger charge is -2.30. The van der Waals surface area contributed by atoms with Crippen molar-refractivity contribution in [2.45, 2.75) is 117 Å². The fourth-order valence-electron chi connectivity index (χ4n) is 3.30. The fourth-order valence-corrected chi connectivity index (χ4v) is 3.30. The van der Waals surface area contributed by atoms with E-state index in [1.807, 2.05) is 0 Å². The van der Waals surface area contributed by atoms with Crippen LogP contribution in [0.3, 0.4) is 0 Å².